The lowest BCUT2D eigenvalue weighted by atomic mass is 9.51. The fourth-order valence-corrected chi connectivity index (χ4v) is 4.74. The third kappa shape index (κ3) is 3.31. The Morgan fingerprint density at radius 2 is 2.17 bits per heavy atom. The molecule has 2 aliphatic rings. The van der Waals surface area contributed by atoms with E-state index < -0.39 is 0 Å². The fraction of sp³-hybridized carbons (Fsp3) is 0.778. The predicted octanol–water partition coefficient (Wildman–Crippen LogP) is 3.16. The third-order valence-electron chi connectivity index (χ3n) is 5.54. The topological polar surface area (TPSA) is 58.5 Å². The Kier molecular flexibility index (Phi) is 5.45. The number of ether oxygens (including phenoxy) is 1. The van der Waals surface area contributed by atoms with E-state index in [0.29, 0.717) is 24.1 Å². The molecule has 0 bridgehead atoms. The minimum absolute atomic E-state index is 0.348. The highest BCUT2D eigenvalue weighted by Gasteiger charge is 2.59. The summed E-state index contributed by atoms with van der Waals surface area (Å²) in [6, 6.07) is 0.486. The van der Waals surface area contributed by atoms with Gasteiger partial charge in [0.05, 0.1) is 18.3 Å². The summed E-state index contributed by atoms with van der Waals surface area (Å²) in [6.07, 6.45) is 5.40. The molecule has 1 spiro atoms. The van der Waals surface area contributed by atoms with E-state index in [4.69, 9.17) is 9.73 Å². The normalized spacial score (nSPS) is 25.2. The fourth-order valence-electron chi connectivity index (χ4n) is 3.88. The molecular formula is C18H30N4OS. The number of hydrogen-bond acceptors (Lipinski definition) is 4. The molecule has 0 aliphatic heterocycles. The van der Waals surface area contributed by atoms with Crippen molar-refractivity contribution in [3.05, 3.63) is 15.6 Å². The number of thiazole rings is 1. The van der Waals surface area contributed by atoms with Crippen LogP contribution >= 0.6 is 11.3 Å². The van der Waals surface area contributed by atoms with E-state index in [2.05, 4.69) is 43.3 Å². The molecule has 2 unspecified atom stereocenters. The smallest absolute Gasteiger partial charge is 0.191 e. The highest BCUT2D eigenvalue weighted by molar-refractivity contribution is 7.11. The van der Waals surface area contributed by atoms with Crippen molar-refractivity contribution in [1.82, 2.24) is 15.6 Å². The number of aliphatic imine (C=N–C) groups is 1. The van der Waals surface area contributed by atoms with Crippen LogP contribution in [0.4, 0.5) is 0 Å². The molecule has 2 fully saturated rings. The van der Waals surface area contributed by atoms with E-state index in [1.54, 1.807) is 11.3 Å². The number of nitrogens with one attached hydrogen (secondary N) is 2. The summed E-state index contributed by atoms with van der Waals surface area (Å²) in [7, 11) is 0. The summed E-state index contributed by atoms with van der Waals surface area (Å²) >= 11 is 1.74. The molecule has 2 N–H and O–H groups in total. The van der Waals surface area contributed by atoms with Gasteiger partial charge in [0.25, 0.3) is 0 Å². The van der Waals surface area contributed by atoms with Gasteiger partial charge in [0.15, 0.2) is 5.96 Å². The highest BCUT2D eigenvalue weighted by Crippen LogP contribution is 2.57. The minimum Gasteiger partial charge on any atom is -0.378 e. The zero-order valence-electron chi connectivity index (χ0n) is 15.3. The maximum absolute atomic E-state index is 5.94. The van der Waals surface area contributed by atoms with Gasteiger partial charge >= 0.3 is 0 Å². The van der Waals surface area contributed by atoms with Gasteiger partial charge in [0, 0.05) is 29.5 Å². The van der Waals surface area contributed by atoms with Gasteiger partial charge in [0.1, 0.15) is 5.01 Å². The van der Waals surface area contributed by atoms with Gasteiger partial charge in [-0.3, -0.25) is 0 Å². The quantitative estimate of drug-likeness (QED) is 0.611. The van der Waals surface area contributed by atoms with Crippen molar-refractivity contribution in [2.75, 3.05) is 13.2 Å². The summed E-state index contributed by atoms with van der Waals surface area (Å²) in [5, 5.41) is 8.13. The first-order valence-corrected chi connectivity index (χ1v) is 10.00. The van der Waals surface area contributed by atoms with Gasteiger partial charge in [0.2, 0.25) is 0 Å². The Morgan fingerprint density at radius 1 is 1.38 bits per heavy atom. The van der Waals surface area contributed by atoms with Crippen LogP contribution in [0, 0.1) is 19.3 Å². The second-order valence-corrected chi connectivity index (χ2v) is 8.20. The Bertz CT molecular complexity index is 574. The average molecular weight is 351 g/mol. The first-order valence-electron chi connectivity index (χ1n) is 9.18. The van der Waals surface area contributed by atoms with Gasteiger partial charge in [-0.1, -0.05) is 6.42 Å². The van der Waals surface area contributed by atoms with E-state index in [-0.39, 0.29) is 0 Å². The molecule has 24 heavy (non-hydrogen) atoms. The van der Waals surface area contributed by atoms with Gasteiger partial charge in [-0.2, -0.15) is 0 Å². The first kappa shape index (κ1) is 17.7. The van der Waals surface area contributed by atoms with E-state index >= 15 is 0 Å². The lowest BCUT2D eigenvalue weighted by Gasteiger charge is -2.61. The number of rotatable bonds is 6. The first-order chi connectivity index (χ1) is 11.6. The average Bonchev–Trinajstić information content (AvgIpc) is 2.80. The largest absolute Gasteiger partial charge is 0.378 e. The van der Waals surface area contributed by atoms with E-state index in [1.807, 2.05) is 0 Å². The van der Waals surface area contributed by atoms with Crippen LogP contribution in [0.25, 0.3) is 0 Å². The number of aromatic nitrogens is 1. The Hall–Kier alpha value is -1.14. The van der Waals surface area contributed by atoms with Crippen molar-refractivity contribution >= 4 is 17.3 Å². The van der Waals surface area contributed by atoms with Crippen LogP contribution in [0.2, 0.25) is 0 Å². The lowest BCUT2D eigenvalue weighted by Crippen LogP contribution is -2.68. The Labute approximate surface area is 149 Å². The zero-order valence-corrected chi connectivity index (χ0v) is 16.1. The zero-order chi connectivity index (χ0) is 17.2. The summed E-state index contributed by atoms with van der Waals surface area (Å²) in [4.78, 5) is 10.6. The van der Waals surface area contributed by atoms with E-state index in [9.17, 15) is 0 Å². The van der Waals surface area contributed by atoms with Crippen LogP contribution in [-0.4, -0.2) is 36.2 Å². The van der Waals surface area contributed by atoms with Crippen LogP contribution in [0.15, 0.2) is 4.99 Å². The molecular weight excluding hydrogens is 320 g/mol. The number of aryl methyl sites for hydroxylation is 2. The highest BCUT2D eigenvalue weighted by atomic mass is 32.1. The molecule has 0 amide bonds. The molecule has 3 rings (SSSR count). The standard InChI is InChI=1S/C18H30N4OS/c1-5-19-17(20-11-16-21-12(3)13(4)24-16)22-14-10-15(23-6-2)18(14)8-7-9-18/h14-15H,5-11H2,1-4H3,(H2,19,20,22). The summed E-state index contributed by atoms with van der Waals surface area (Å²) < 4.78 is 5.94. The van der Waals surface area contributed by atoms with Crippen LogP contribution in [0.5, 0.6) is 0 Å². The molecule has 0 saturated heterocycles. The second-order valence-electron chi connectivity index (χ2n) is 6.91. The molecule has 5 nitrogen and oxygen atoms in total. The molecule has 1 aromatic rings. The second kappa shape index (κ2) is 7.40. The third-order valence-corrected chi connectivity index (χ3v) is 6.60. The monoisotopic (exact) mass is 350 g/mol. The molecule has 0 radical (unpaired) electrons. The van der Waals surface area contributed by atoms with Gasteiger partial charge in [-0.05, 0) is 47.0 Å². The summed E-state index contributed by atoms with van der Waals surface area (Å²) in [5.74, 6) is 0.911. The van der Waals surface area contributed by atoms with Crippen molar-refractivity contribution in [2.45, 2.75) is 72.1 Å². The number of nitrogens with zero attached hydrogens (tertiary/aromatic N) is 2. The van der Waals surface area contributed by atoms with Gasteiger partial charge in [-0.15, -0.1) is 11.3 Å². The van der Waals surface area contributed by atoms with Crippen molar-refractivity contribution in [2.24, 2.45) is 10.4 Å². The van der Waals surface area contributed by atoms with Crippen LogP contribution < -0.4 is 10.6 Å². The molecule has 6 heteroatoms. The molecule has 0 aromatic carbocycles. The van der Waals surface area contributed by atoms with Crippen molar-refractivity contribution in [3.8, 4) is 0 Å². The summed E-state index contributed by atoms with van der Waals surface area (Å²) in [5.41, 5.74) is 1.47. The van der Waals surface area contributed by atoms with Crippen molar-refractivity contribution in [1.29, 1.82) is 0 Å². The molecule has 2 aliphatic carbocycles. The molecule has 1 heterocycles. The maximum atomic E-state index is 5.94. The van der Waals surface area contributed by atoms with Gasteiger partial charge in [-0.25, -0.2) is 9.98 Å². The van der Waals surface area contributed by atoms with E-state index in [1.165, 1.54) is 24.1 Å². The van der Waals surface area contributed by atoms with Crippen molar-refractivity contribution < 1.29 is 4.74 Å². The Morgan fingerprint density at radius 3 is 2.71 bits per heavy atom. The minimum atomic E-state index is 0.348. The SMILES string of the molecule is CCNC(=NCc1nc(C)c(C)s1)NC1CC(OCC)C12CCC2. The molecule has 134 valence electrons. The van der Waals surface area contributed by atoms with E-state index in [0.717, 1.165) is 36.2 Å². The summed E-state index contributed by atoms with van der Waals surface area (Å²) in [6.45, 7) is 10.7. The van der Waals surface area contributed by atoms with Crippen LogP contribution in [-0.2, 0) is 11.3 Å². The van der Waals surface area contributed by atoms with Crippen LogP contribution in [0.3, 0.4) is 0 Å². The van der Waals surface area contributed by atoms with Gasteiger partial charge < -0.3 is 15.4 Å². The Balaban J connectivity index is 1.62. The van der Waals surface area contributed by atoms with Crippen LogP contribution in [0.1, 0.15) is 55.1 Å². The van der Waals surface area contributed by atoms with Crippen molar-refractivity contribution in [3.63, 3.8) is 0 Å². The lowest BCUT2D eigenvalue weighted by molar-refractivity contribution is -0.168. The molecule has 2 atom stereocenters. The molecule has 2 saturated carbocycles. The molecule has 1 aromatic heterocycles. The number of guanidine groups is 1. The number of hydrogen-bond donors (Lipinski definition) is 2. The maximum Gasteiger partial charge on any atom is 0.191 e. The predicted molar refractivity (Wildman–Crippen MR) is 99.6 cm³/mol.